The van der Waals surface area contributed by atoms with Gasteiger partial charge in [-0.2, -0.15) is 0 Å². The number of nitrogens with zero attached hydrogens (tertiary/aromatic N) is 2. The SMILES string of the molecule is CCN(C(C)C)C(C)C.OCCN(CCO)CCO. The maximum atomic E-state index is 8.48. The minimum atomic E-state index is 0.0694. The van der Waals surface area contributed by atoms with E-state index < -0.39 is 0 Å². The third-order valence-corrected chi connectivity index (χ3v) is 2.94. The van der Waals surface area contributed by atoms with Crippen LogP contribution in [-0.4, -0.2) is 83.2 Å². The third-order valence-electron chi connectivity index (χ3n) is 2.94. The monoisotopic (exact) mass is 278 g/mol. The fraction of sp³-hybridized carbons (Fsp3) is 1.00. The quantitative estimate of drug-likeness (QED) is 0.569. The first kappa shape index (κ1) is 21.1. The molecule has 0 unspecified atom stereocenters. The Balaban J connectivity index is 0. The lowest BCUT2D eigenvalue weighted by Crippen LogP contribution is -2.36. The molecule has 0 saturated heterocycles. The van der Waals surface area contributed by atoms with E-state index in [0.29, 0.717) is 31.7 Å². The lowest BCUT2D eigenvalue weighted by atomic mass is 10.2. The minimum Gasteiger partial charge on any atom is -0.395 e. The number of aliphatic hydroxyl groups is 3. The Morgan fingerprint density at radius 3 is 1.16 bits per heavy atom. The molecule has 0 aliphatic heterocycles. The Bertz CT molecular complexity index is 156. The normalized spacial score (nSPS) is 11.4. The summed E-state index contributed by atoms with van der Waals surface area (Å²) < 4.78 is 0. The van der Waals surface area contributed by atoms with Crippen molar-refractivity contribution in [3.8, 4) is 0 Å². The zero-order chi connectivity index (χ0) is 15.3. The second-order valence-electron chi connectivity index (χ2n) is 5.03. The van der Waals surface area contributed by atoms with Crippen LogP contribution in [-0.2, 0) is 0 Å². The van der Waals surface area contributed by atoms with Crippen molar-refractivity contribution in [1.82, 2.24) is 9.80 Å². The topological polar surface area (TPSA) is 67.2 Å². The third kappa shape index (κ3) is 12.6. The lowest BCUT2D eigenvalue weighted by Gasteiger charge is -2.28. The Kier molecular flexibility index (Phi) is 15.8. The van der Waals surface area contributed by atoms with E-state index in [1.807, 2.05) is 0 Å². The van der Waals surface area contributed by atoms with Crippen LogP contribution in [0.3, 0.4) is 0 Å². The summed E-state index contributed by atoms with van der Waals surface area (Å²) in [6.45, 7) is 14.1. The van der Waals surface area contributed by atoms with Gasteiger partial charge in [0.15, 0.2) is 0 Å². The zero-order valence-corrected chi connectivity index (χ0v) is 13.3. The van der Waals surface area contributed by atoms with E-state index in [1.165, 1.54) is 0 Å². The average molecular weight is 278 g/mol. The predicted molar refractivity (Wildman–Crippen MR) is 80.3 cm³/mol. The van der Waals surface area contributed by atoms with Crippen molar-refractivity contribution in [2.45, 2.75) is 46.7 Å². The van der Waals surface area contributed by atoms with Gasteiger partial charge in [0.2, 0.25) is 0 Å². The van der Waals surface area contributed by atoms with E-state index in [1.54, 1.807) is 4.90 Å². The van der Waals surface area contributed by atoms with Gasteiger partial charge in [0, 0.05) is 31.7 Å². The summed E-state index contributed by atoms with van der Waals surface area (Å²) >= 11 is 0. The smallest absolute Gasteiger partial charge is 0.0558 e. The second-order valence-corrected chi connectivity index (χ2v) is 5.03. The van der Waals surface area contributed by atoms with Crippen LogP contribution in [0.25, 0.3) is 0 Å². The summed E-state index contributed by atoms with van der Waals surface area (Å²) in [4.78, 5) is 4.25. The predicted octanol–water partition coefficient (Wildman–Crippen LogP) is 0.390. The van der Waals surface area contributed by atoms with Crippen LogP contribution in [0.15, 0.2) is 0 Å². The first-order chi connectivity index (χ1) is 8.94. The van der Waals surface area contributed by atoms with Crippen LogP contribution in [0.2, 0.25) is 0 Å². The number of aliphatic hydroxyl groups excluding tert-OH is 3. The molecule has 0 aromatic rings. The molecule has 0 atom stereocenters. The van der Waals surface area contributed by atoms with Crippen LogP contribution < -0.4 is 0 Å². The molecule has 0 bridgehead atoms. The zero-order valence-electron chi connectivity index (χ0n) is 13.3. The fourth-order valence-corrected chi connectivity index (χ4v) is 2.09. The highest BCUT2D eigenvalue weighted by molar-refractivity contribution is 4.64. The van der Waals surface area contributed by atoms with Gasteiger partial charge in [-0.05, 0) is 34.2 Å². The van der Waals surface area contributed by atoms with Crippen LogP contribution in [0.4, 0.5) is 0 Å². The summed E-state index contributed by atoms with van der Waals surface area (Å²) in [6, 6.07) is 1.38. The van der Waals surface area contributed by atoms with E-state index in [4.69, 9.17) is 15.3 Å². The van der Waals surface area contributed by atoms with E-state index in [-0.39, 0.29) is 19.8 Å². The summed E-state index contributed by atoms with van der Waals surface area (Å²) in [5, 5.41) is 25.5. The highest BCUT2D eigenvalue weighted by Gasteiger charge is 2.09. The van der Waals surface area contributed by atoms with Gasteiger partial charge in [0.1, 0.15) is 0 Å². The number of rotatable bonds is 9. The van der Waals surface area contributed by atoms with E-state index >= 15 is 0 Å². The average Bonchev–Trinajstić information content (AvgIpc) is 2.30. The maximum Gasteiger partial charge on any atom is 0.0558 e. The van der Waals surface area contributed by atoms with Crippen LogP contribution >= 0.6 is 0 Å². The molecule has 3 N–H and O–H groups in total. The molecule has 0 aliphatic rings. The van der Waals surface area contributed by atoms with Gasteiger partial charge in [-0.15, -0.1) is 0 Å². The molecule has 118 valence electrons. The van der Waals surface area contributed by atoms with Crippen molar-refractivity contribution in [1.29, 1.82) is 0 Å². The molecular weight excluding hydrogens is 244 g/mol. The van der Waals surface area contributed by atoms with Gasteiger partial charge >= 0.3 is 0 Å². The summed E-state index contributed by atoms with van der Waals surface area (Å²) in [7, 11) is 0. The minimum absolute atomic E-state index is 0.0694. The summed E-state index contributed by atoms with van der Waals surface area (Å²) in [5.74, 6) is 0. The van der Waals surface area contributed by atoms with Gasteiger partial charge in [0.25, 0.3) is 0 Å². The highest BCUT2D eigenvalue weighted by atomic mass is 16.3. The van der Waals surface area contributed by atoms with Crippen molar-refractivity contribution < 1.29 is 15.3 Å². The molecule has 0 aliphatic carbocycles. The largest absolute Gasteiger partial charge is 0.395 e. The fourth-order valence-electron chi connectivity index (χ4n) is 2.09. The van der Waals surface area contributed by atoms with Crippen LogP contribution in [0.1, 0.15) is 34.6 Å². The number of hydrogen-bond donors (Lipinski definition) is 3. The van der Waals surface area contributed by atoms with Crippen molar-refractivity contribution >= 4 is 0 Å². The maximum absolute atomic E-state index is 8.48. The van der Waals surface area contributed by atoms with Crippen molar-refractivity contribution in [3.63, 3.8) is 0 Å². The molecule has 0 fully saturated rings. The van der Waals surface area contributed by atoms with E-state index in [0.717, 1.165) is 6.54 Å². The van der Waals surface area contributed by atoms with Crippen LogP contribution in [0.5, 0.6) is 0 Å². The molecule has 0 amide bonds. The van der Waals surface area contributed by atoms with E-state index in [9.17, 15) is 0 Å². The molecule has 0 aromatic heterocycles. The molecule has 5 heteroatoms. The first-order valence-electron chi connectivity index (χ1n) is 7.25. The molecule has 0 aromatic carbocycles. The van der Waals surface area contributed by atoms with Gasteiger partial charge in [0.05, 0.1) is 19.8 Å². The Hall–Kier alpha value is -0.200. The van der Waals surface area contributed by atoms with Crippen molar-refractivity contribution in [2.75, 3.05) is 46.0 Å². The molecule has 0 spiro atoms. The van der Waals surface area contributed by atoms with Gasteiger partial charge < -0.3 is 15.3 Å². The first-order valence-corrected chi connectivity index (χ1v) is 7.25. The Morgan fingerprint density at radius 1 is 0.737 bits per heavy atom. The van der Waals surface area contributed by atoms with Crippen molar-refractivity contribution in [3.05, 3.63) is 0 Å². The Morgan fingerprint density at radius 2 is 1.05 bits per heavy atom. The lowest BCUT2D eigenvalue weighted by molar-refractivity contribution is 0.136. The summed E-state index contributed by atoms with van der Waals surface area (Å²) in [5.41, 5.74) is 0. The van der Waals surface area contributed by atoms with Crippen molar-refractivity contribution in [2.24, 2.45) is 0 Å². The second kappa shape index (κ2) is 14.2. The van der Waals surface area contributed by atoms with Crippen LogP contribution in [0, 0.1) is 0 Å². The molecule has 5 nitrogen and oxygen atoms in total. The van der Waals surface area contributed by atoms with Gasteiger partial charge in [-0.25, -0.2) is 0 Å². The van der Waals surface area contributed by atoms with Gasteiger partial charge in [-0.3, -0.25) is 9.80 Å². The molecule has 0 rings (SSSR count). The molecule has 0 radical (unpaired) electrons. The highest BCUT2D eigenvalue weighted by Crippen LogP contribution is 2.02. The Labute approximate surface area is 118 Å². The summed E-state index contributed by atoms with van der Waals surface area (Å²) in [6.07, 6.45) is 0. The van der Waals surface area contributed by atoms with Gasteiger partial charge in [-0.1, -0.05) is 6.92 Å². The van der Waals surface area contributed by atoms with E-state index in [2.05, 4.69) is 39.5 Å². The molecular formula is C14H34N2O3. The standard InChI is InChI=1S/C8H19N.C6H15NO3/c1-6-9(7(2)3)8(4)5;8-4-1-7(2-5-9)3-6-10/h7-8H,6H2,1-5H3;8-10H,1-6H2. The molecule has 0 saturated carbocycles. The number of hydrogen-bond acceptors (Lipinski definition) is 5. The molecule has 19 heavy (non-hydrogen) atoms. The molecule has 0 heterocycles.